The summed E-state index contributed by atoms with van der Waals surface area (Å²) in [5, 5.41) is 11.9. The molecule has 1 atom stereocenters. The zero-order valence-corrected chi connectivity index (χ0v) is 13.2. The molecule has 0 saturated heterocycles. The Morgan fingerprint density at radius 1 is 1.33 bits per heavy atom. The van der Waals surface area contributed by atoms with Gasteiger partial charge in [-0.1, -0.05) is 19.1 Å². The highest BCUT2D eigenvalue weighted by Crippen LogP contribution is 2.34. The van der Waals surface area contributed by atoms with E-state index in [0.717, 1.165) is 22.7 Å². The van der Waals surface area contributed by atoms with Crippen molar-refractivity contribution in [1.29, 1.82) is 0 Å². The normalized spacial score (nSPS) is 13.9. The fraction of sp³-hybridized carbons (Fsp3) is 0.375. The SMILES string of the molecule is CCOC(C)(CC)c1nc(-c2ccc(C(=O)O)cc2)cs1. The summed E-state index contributed by atoms with van der Waals surface area (Å²) >= 11 is 1.57. The van der Waals surface area contributed by atoms with Crippen molar-refractivity contribution in [3.05, 3.63) is 40.2 Å². The first kappa shape index (κ1) is 15.7. The van der Waals surface area contributed by atoms with Gasteiger partial charge in [0, 0.05) is 17.6 Å². The minimum atomic E-state index is -0.921. The first-order valence-corrected chi connectivity index (χ1v) is 7.82. The summed E-state index contributed by atoms with van der Waals surface area (Å²) in [6, 6.07) is 6.76. The molecule has 2 rings (SSSR count). The van der Waals surface area contributed by atoms with Crippen LogP contribution in [-0.2, 0) is 10.3 Å². The Kier molecular flexibility index (Phi) is 4.75. The van der Waals surface area contributed by atoms with Crippen molar-refractivity contribution in [3.8, 4) is 11.3 Å². The molecule has 0 aliphatic rings. The number of carboxylic acid groups (broad SMARTS) is 1. The number of rotatable bonds is 6. The van der Waals surface area contributed by atoms with E-state index >= 15 is 0 Å². The quantitative estimate of drug-likeness (QED) is 0.870. The third-order valence-electron chi connectivity index (χ3n) is 3.52. The number of ether oxygens (including phenoxy) is 1. The van der Waals surface area contributed by atoms with Crippen LogP contribution in [0.5, 0.6) is 0 Å². The fourth-order valence-electron chi connectivity index (χ4n) is 2.07. The van der Waals surface area contributed by atoms with Crippen molar-refractivity contribution in [1.82, 2.24) is 4.98 Å². The number of thiazole rings is 1. The minimum absolute atomic E-state index is 0.280. The van der Waals surface area contributed by atoms with Gasteiger partial charge < -0.3 is 9.84 Å². The molecule has 1 aromatic carbocycles. The van der Waals surface area contributed by atoms with Gasteiger partial charge in [0.2, 0.25) is 0 Å². The zero-order valence-electron chi connectivity index (χ0n) is 12.4. The number of carboxylic acids is 1. The Balaban J connectivity index is 2.29. The van der Waals surface area contributed by atoms with Crippen LogP contribution in [0.3, 0.4) is 0 Å². The van der Waals surface area contributed by atoms with Crippen LogP contribution >= 0.6 is 11.3 Å². The maximum Gasteiger partial charge on any atom is 0.335 e. The van der Waals surface area contributed by atoms with E-state index in [0.29, 0.717) is 6.61 Å². The van der Waals surface area contributed by atoms with Crippen LogP contribution in [-0.4, -0.2) is 22.7 Å². The Morgan fingerprint density at radius 2 is 2.00 bits per heavy atom. The first-order chi connectivity index (χ1) is 10.00. The Morgan fingerprint density at radius 3 is 2.52 bits per heavy atom. The number of aromatic nitrogens is 1. The minimum Gasteiger partial charge on any atom is -0.478 e. The van der Waals surface area contributed by atoms with Gasteiger partial charge in [-0.2, -0.15) is 0 Å². The smallest absolute Gasteiger partial charge is 0.335 e. The van der Waals surface area contributed by atoms with Crippen LogP contribution in [0.1, 0.15) is 42.6 Å². The molecule has 4 nitrogen and oxygen atoms in total. The van der Waals surface area contributed by atoms with E-state index in [1.165, 1.54) is 0 Å². The molecule has 0 bridgehead atoms. The largest absolute Gasteiger partial charge is 0.478 e. The molecule has 1 N–H and O–H groups in total. The number of aromatic carboxylic acids is 1. The maximum absolute atomic E-state index is 10.9. The standard InChI is InChI=1S/C16H19NO3S/c1-4-16(3,20-5-2)15-17-13(10-21-15)11-6-8-12(9-7-11)14(18)19/h6-10H,4-5H2,1-3H3,(H,18,19). The van der Waals surface area contributed by atoms with Crippen molar-refractivity contribution < 1.29 is 14.6 Å². The Labute approximate surface area is 128 Å². The van der Waals surface area contributed by atoms with Crippen molar-refractivity contribution in [2.45, 2.75) is 32.8 Å². The lowest BCUT2D eigenvalue weighted by atomic mass is 10.0. The van der Waals surface area contributed by atoms with E-state index in [4.69, 9.17) is 9.84 Å². The molecule has 2 aromatic rings. The van der Waals surface area contributed by atoms with Crippen LogP contribution in [0.2, 0.25) is 0 Å². The zero-order chi connectivity index (χ0) is 15.5. The van der Waals surface area contributed by atoms with Gasteiger partial charge in [0.1, 0.15) is 10.6 Å². The lowest BCUT2D eigenvalue weighted by Crippen LogP contribution is -2.24. The third-order valence-corrected chi connectivity index (χ3v) is 4.61. The lowest BCUT2D eigenvalue weighted by molar-refractivity contribution is -0.0324. The van der Waals surface area contributed by atoms with E-state index in [9.17, 15) is 4.79 Å². The molecule has 0 aliphatic heterocycles. The van der Waals surface area contributed by atoms with E-state index in [-0.39, 0.29) is 11.2 Å². The molecule has 0 radical (unpaired) electrons. The van der Waals surface area contributed by atoms with Crippen molar-refractivity contribution in [2.75, 3.05) is 6.61 Å². The summed E-state index contributed by atoms with van der Waals surface area (Å²) in [5.41, 5.74) is 1.68. The van der Waals surface area contributed by atoms with Crippen molar-refractivity contribution in [2.24, 2.45) is 0 Å². The van der Waals surface area contributed by atoms with E-state index in [1.807, 2.05) is 19.2 Å². The molecule has 0 aliphatic carbocycles. The summed E-state index contributed by atoms with van der Waals surface area (Å²) < 4.78 is 5.83. The second kappa shape index (κ2) is 6.37. The number of hydrogen-bond acceptors (Lipinski definition) is 4. The molecule has 5 heteroatoms. The summed E-state index contributed by atoms with van der Waals surface area (Å²) in [6.07, 6.45) is 0.853. The highest BCUT2D eigenvalue weighted by atomic mass is 32.1. The van der Waals surface area contributed by atoms with Crippen LogP contribution in [0.15, 0.2) is 29.6 Å². The molecule has 1 heterocycles. The van der Waals surface area contributed by atoms with Crippen molar-refractivity contribution >= 4 is 17.3 Å². The summed E-state index contributed by atoms with van der Waals surface area (Å²) in [7, 11) is 0. The van der Waals surface area contributed by atoms with Gasteiger partial charge in [-0.15, -0.1) is 11.3 Å². The Bertz CT molecular complexity index is 621. The monoisotopic (exact) mass is 305 g/mol. The number of hydrogen-bond donors (Lipinski definition) is 1. The summed E-state index contributed by atoms with van der Waals surface area (Å²) in [5.74, 6) is -0.921. The van der Waals surface area contributed by atoms with Crippen LogP contribution in [0.25, 0.3) is 11.3 Å². The number of benzene rings is 1. The van der Waals surface area contributed by atoms with E-state index < -0.39 is 5.97 Å². The molecular weight excluding hydrogens is 286 g/mol. The van der Waals surface area contributed by atoms with Crippen LogP contribution in [0, 0.1) is 0 Å². The highest BCUT2D eigenvalue weighted by Gasteiger charge is 2.28. The molecule has 0 spiro atoms. The van der Waals surface area contributed by atoms with Gasteiger partial charge in [0.15, 0.2) is 0 Å². The third kappa shape index (κ3) is 3.31. The topological polar surface area (TPSA) is 59.4 Å². The van der Waals surface area contributed by atoms with Gasteiger partial charge in [0.25, 0.3) is 0 Å². The fourth-order valence-corrected chi connectivity index (χ4v) is 3.08. The van der Waals surface area contributed by atoms with E-state index in [1.54, 1.807) is 35.6 Å². The van der Waals surface area contributed by atoms with Crippen molar-refractivity contribution in [3.63, 3.8) is 0 Å². The van der Waals surface area contributed by atoms with Gasteiger partial charge in [-0.25, -0.2) is 9.78 Å². The number of carbonyl (C=O) groups is 1. The second-order valence-corrected chi connectivity index (χ2v) is 5.80. The maximum atomic E-state index is 10.9. The molecule has 1 unspecified atom stereocenters. The van der Waals surface area contributed by atoms with Gasteiger partial charge >= 0.3 is 5.97 Å². The molecule has 0 saturated carbocycles. The molecule has 112 valence electrons. The average molecular weight is 305 g/mol. The molecule has 21 heavy (non-hydrogen) atoms. The second-order valence-electron chi connectivity index (χ2n) is 4.94. The van der Waals surface area contributed by atoms with Crippen LogP contribution < -0.4 is 0 Å². The first-order valence-electron chi connectivity index (χ1n) is 6.94. The summed E-state index contributed by atoms with van der Waals surface area (Å²) in [4.78, 5) is 15.5. The van der Waals surface area contributed by atoms with Gasteiger partial charge in [-0.05, 0) is 32.4 Å². The van der Waals surface area contributed by atoms with Crippen LogP contribution in [0.4, 0.5) is 0 Å². The molecule has 0 fully saturated rings. The molecule has 0 amide bonds. The van der Waals surface area contributed by atoms with E-state index in [2.05, 4.69) is 11.9 Å². The molecular formula is C16H19NO3S. The predicted octanol–water partition coefficient (Wildman–Crippen LogP) is 4.17. The lowest BCUT2D eigenvalue weighted by Gasteiger charge is -2.25. The predicted molar refractivity (Wildman–Crippen MR) is 83.8 cm³/mol. The van der Waals surface area contributed by atoms with Gasteiger partial charge in [-0.3, -0.25) is 0 Å². The summed E-state index contributed by atoms with van der Waals surface area (Å²) in [6.45, 7) is 6.75. The number of nitrogens with zero attached hydrogens (tertiary/aromatic N) is 1. The Hall–Kier alpha value is -1.72. The average Bonchev–Trinajstić information content (AvgIpc) is 2.98. The van der Waals surface area contributed by atoms with Gasteiger partial charge in [0.05, 0.1) is 11.3 Å². The highest BCUT2D eigenvalue weighted by molar-refractivity contribution is 7.10. The molecule has 1 aromatic heterocycles.